The van der Waals surface area contributed by atoms with E-state index in [4.69, 9.17) is 24.4 Å². The van der Waals surface area contributed by atoms with Crippen molar-refractivity contribution in [3.63, 3.8) is 0 Å². The summed E-state index contributed by atoms with van der Waals surface area (Å²) in [6.45, 7) is 4.82. The second-order valence-electron chi connectivity index (χ2n) is 3.59. The summed E-state index contributed by atoms with van der Waals surface area (Å²) in [5, 5.41) is 17.1. The Bertz CT molecular complexity index is 148. The minimum absolute atomic E-state index is 0.0461. The molecule has 0 radical (unpaired) electrons. The van der Waals surface area contributed by atoms with Crippen LogP contribution in [-0.4, -0.2) is 88.1 Å². The topological polar surface area (TPSA) is 71.4 Å². The summed E-state index contributed by atoms with van der Waals surface area (Å²) < 4.78 is 15.6. The molecule has 17 heavy (non-hydrogen) atoms. The van der Waals surface area contributed by atoms with E-state index >= 15 is 0 Å². The predicted octanol–water partition coefficient (Wildman–Crippen LogP) is -1.05. The minimum atomic E-state index is 0.0461. The highest BCUT2D eigenvalue weighted by molar-refractivity contribution is 4.48. The maximum Gasteiger partial charge on any atom is 0.0701 e. The number of nitrogens with zero attached hydrogens (tertiary/aromatic N) is 1. The molecule has 6 heteroatoms. The van der Waals surface area contributed by atoms with Crippen molar-refractivity contribution in [3.05, 3.63) is 0 Å². The van der Waals surface area contributed by atoms with Crippen molar-refractivity contribution in [3.8, 4) is 0 Å². The third-order valence-corrected chi connectivity index (χ3v) is 2.08. The molecule has 0 amide bonds. The Balaban J connectivity index is 2.98. The smallest absolute Gasteiger partial charge is 0.0701 e. The number of likely N-dealkylation sites (N-methyl/N-ethyl adjacent to an activating group) is 1. The van der Waals surface area contributed by atoms with E-state index in [-0.39, 0.29) is 13.2 Å². The van der Waals surface area contributed by atoms with Gasteiger partial charge in [-0.05, 0) is 7.05 Å². The number of hydrogen-bond acceptors (Lipinski definition) is 6. The number of aliphatic hydroxyl groups is 2. The first kappa shape index (κ1) is 16.8. The zero-order chi connectivity index (χ0) is 12.8. The first-order valence-corrected chi connectivity index (χ1v) is 5.94. The first-order chi connectivity index (χ1) is 8.31. The Morgan fingerprint density at radius 1 is 0.706 bits per heavy atom. The fraction of sp³-hybridized carbons (Fsp3) is 1.00. The molecular weight excluding hydrogens is 226 g/mol. The van der Waals surface area contributed by atoms with Crippen LogP contribution in [0.1, 0.15) is 0 Å². The van der Waals surface area contributed by atoms with Gasteiger partial charge in [0.15, 0.2) is 0 Å². The minimum Gasteiger partial charge on any atom is -0.395 e. The molecule has 0 aliphatic carbocycles. The average Bonchev–Trinajstić information content (AvgIpc) is 2.32. The molecule has 2 N–H and O–H groups in total. The molecule has 0 fully saturated rings. The van der Waals surface area contributed by atoms with E-state index in [2.05, 4.69) is 0 Å². The number of aliphatic hydroxyl groups excluding tert-OH is 2. The predicted molar refractivity (Wildman–Crippen MR) is 64.1 cm³/mol. The van der Waals surface area contributed by atoms with Crippen molar-refractivity contribution >= 4 is 0 Å². The first-order valence-electron chi connectivity index (χ1n) is 5.94. The molecule has 0 rings (SSSR count). The maximum atomic E-state index is 8.67. The fourth-order valence-corrected chi connectivity index (χ4v) is 1.11. The van der Waals surface area contributed by atoms with Gasteiger partial charge in [0.25, 0.3) is 0 Å². The number of ether oxygens (including phenoxy) is 3. The van der Waals surface area contributed by atoms with Crippen LogP contribution in [-0.2, 0) is 14.2 Å². The van der Waals surface area contributed by atoms with Gasteiger partial charge in [-0.15, -0.1) is 0 Å². The molecule has 0 aromatic carbocycles. The van der Waals surface area contributed by atoms with Gasteiger partial charge in [-0.2, -0.15) is 0 Å². The molecule has 0 bridgehead atoms. The molecule has 0 saturated carbocycles. The van der Waals surface area contributed by atoms with Crippen molar-refractivity contribution in [1.29, 1.82) is 0 Å². The molecule has 0 aliphatic heterocycles. The largest absolute Gasteiger partial charge is 0.395 e. The molecule has 0 atom stereocenters. The maximum absolute atomic E-state index is 8.67. The van der Waals surface area contributed by atoms with Crippen LogP contribution >= 0.6 is 0 Å². The van der Waals surface area contributed by atoms with Crippen molar-refractivity contribution in [2.24, 2.45) is 0 Å². The molecule has 6 nitrogen and oxygen atoms in total. The summed E-state index contributed by atoms with van der Waals surface area (Å²) in [7, 11) is 1.94. The van der Waals surface area contributed by atoms with Gasteiger partial charge >= 0.3 is 0 Å². The summed E-state index contributed by atoms with van der Waals surface area (Å²) in [6, 6.07) is 0. The van der Waals surface area contributed by atoms with E-state index in [9.17, 15) is 0 Å². The van der Waals surface area contributed by atoms with Crippen LogP contribution in [0.5, 0.6) is 0 Å². The Morgan fingerprint density at radius 2 is 1.24 bits per heavy atom. The van der Waals surface area contributed by atoms with Crippen LogP contribution in [0.25, 0.3) is 0 Å². The second kappa shape index (κ2) is 13.8. The van der Waals surface area contributed by atoms with Crippen LogP contribution in [0.4, 0.5) is 0 Å². The molecule has 0 aliphatic rings. The highest BCUT2D eigenvalue weighted by Gasteiger charge is 1.96. The van der Waals surface area contributed by atoms with E-state index in [0.717, 1.165) is 6.54 Å². The van der Waals surface area contributed by atoms with Crippen LogP contribution in [0.15, 0.2) is 0 Å². The molecule has 0 aromatic rings. The summed E-state index contributed by atoms with van der Waals surface area (Å²) in [6.07, 6.45) is 0. The van der Waals surface area contributed by atoms with Crippen molar-refractivity contribution in [2.75, 3.05) is 73.0 Å². The van der Waals surface area contributed by atoms with Crippen molar-refractivity contribution in [2.45, 2.75) is 0 Å². The summed E-state index contributed by atoms with van der Waals surface area (Å²) >= 11 is 0. The highest BCUT2D eigenvalue weighted by atomic mass is 16.5. The van der Waals surface area contributed by atoms with Gasteiger partial charge in [-0.3, -0.25) is 0 Å². The van der Waals surface area contributed by atoms with Gasteiger partial charge in [0.2, 0.25) is 0 Å². The third-order valence-electron chi connectivity index (χ3n) is 2.08. The quantitative estimate of drug-likeness (QED) is 0.407. The lowest BCUT2D eigenvalue weighted by Crippen LogP contribution is -2.26. The Kier molecular flexibility index (Phi) is 13.6. The van der Waals surface area contributed by atoms with Gasteiger partial charge in [-0.25, -0.2) is 0 Å². The van der Waals surface area contributed by atoms with Crippen LogP contribution in [0, 0.1) is 0 Å². The van der Waals surface area contributed by atoms with Crippen LogP contribution < -0.4 is 0 Å². The molecule has 0 aromatic heterocycles. The monoisotopic (exact) mass is 251 g/mol. The lowest BCUT2D eigenvalue weighted by molar-refractivity contribution is 0.00504. The Labute approximate surface area is 103 Å². The average molecular weight is 251 g/mol. The molecular formula is C11H25NO5. The van der Waals surface area contributed by atoms with Crippen LogP contribution in [0.3, 0.4) is 0 Å². The SMILES string of the molecule is CN(CCO)CCOCCOCCOCCO. The molecule has 0 spiro atoms. The molecule has 104 valence electrons. The van der Waals surface area contributed by atoms with E-state index in [1.807, 2.05) is 11.9 Å². The van der Waals surface area contributed by atoms with Crippen LogP contribution in [0.2, 0.25) is 0 Å². The van der Waals surface area contributed by atoms with Gasteiger partial charge in [0, 0.05) is 13.1 Å². The molecule has 0 unspecified atom stereocenters. The highest BCUT2D eigenvalue weighted by Crippen LogP contribution is 1.84. The van der Waals surface area contributed by atoms with Crippen molar-refractivity contribution < 1.29 is 24.4 Å². The number of hydrogen-bond donors (Lipinski definition) is 2. The Hall–Kier alpha value is -0.240. The van der Waals surface area contributed by atoms with Gasteiger partial charge < -0.3 is 29.3 Å². The molecule has 0 saturated heterocycles. The lowest BCUT2D eigenvalue weighted by Gasteiger charge is -2.14. The summed E-state index contributed by atoms with van der Waals surface area (Å²) in [4.78, 5) is 2.00. The normalized spacial score (nSPS) is 11.3. The summed E-state index contributed by atoms with van der Waals surface area (Å²) in [5.41, 5.74) is 0. The number of rotatable bonds is 13. The van der Waals surface area contributed by atoms with Crippen molar-refractivity contribution in [1.82, 2.24) is 4.90 Å². The van der Waals surface area contributed by atoms with Gasteiger partial charge in [-0.1, -0.05) is 0 Å². The van der Waals surface area contributed by atoms with Gasteiger partial charge in [0.05, 0.1) is 52.9 Å². The zero-order valence-electron chi connectivity index (χ0n) is 10.6. The lowest BCUT2D eigenvalue weighted by atomic mass is 10.5. The summed E-state index contributed by atoms with van der Waals surface area (Å²) in [5.74, 6) is 0. The van der Waals surface area contributed by atoms with E-state index in [1.54, 1.807) is 0 Å². The van der Waals surface area contributed by atoms with E-state index < -0.39 is 0 Å². The second-order valence-corrected chi connectivity index (χ2v) is 3.59. The standard InChI is InChI=1S/C11H25NO5/c1-12(2-4-13)3-6-15-8-10-17-11-9-16-7-5-14/h13-14H,2-11H2,1H3. The van der Waals surface area contributed by atoms with E-state index in [0.29, 0.717) is 46.2 Å². The van der Waals surface area contributed by atoms with Gasteiger partial charge in [0.1, 0.15) is 0 Å². The molecule has 0 heterocycles. The fourth-order valence-electron chi connectivity index (χ4n) is 1.11. The van der Waals surface area contributed by atoms with E-state index in [1.165, 1.54) is 0 Å². The zero-order valence-corrected chi connectivity index (χ0v) is 10.6. The Morgan fingerprint density at radius 3 is 1.76 bits per heavy atom. The third kappa shape index (κ3) is 13.7.